The lowest BCUT2D eigenvalue weighted by Gasteiger charge is -2.27. The highest BCUT2D eigenvalue weighted by Gasteiger charge is 2.25. The van der Waals surface area contributed by atoms with E-state index in [9.17, 15) is 4.79 Å². The van der Waals surface area contributed by atoms with Crippen LogP contribution in [0, 0.1) is 5.92 Å². The zero-order valence-corrected chi connectivity index (χ0v) is 11.2. The highest BCUT2D eigenvalue weighted by molar-refractivity contribution is 5.82. The molecule has 0 atom stereocenters. The first-order chi connectivity index (χ1) is 9.72. The molecule has 1 aromatic heterocycles. The first kappa shape index (κ1) is 12.9. The van der Waals surface area contributed by atoms with E-state index in [1.54, 1.807) is 6.20 Å². The van der Waals surface area contributed by atoms with Crippen LogP contribution in [0.4, 0.5) is 5.69 Å². The Morgan fingerprint density at radius 2 is 2.00 bits per heavy atom. The van der Waals surface area contributed by atoms with Crippen LogP contribution in [0.1, 0.15) is 25.7 Å². The molecule has 1 aliphatic rings. The van der Waals surface area contributed by atoms with Crippen molar-refractivity contribution in [1.29, 1.82) is 0 Å². The number of anilines is 1. The minimum absolute atomic E-state index is 0.158. The third kappa shape index (κ3) is 2.74. The fourth-order valence-electron chi connectivity index (χ4n) is 2.89. The molecule has 2 aromatic rings. The van der Waals surface area contributed by atoms with Gasteiger partial charge in [0.05, 0.1) is 11.4 Å². The Balaban J connectivity index is 1.66. The molecule has 1 saturated carbocycles. The fourth-order valence-corrected chi connectivity index (χ4v) is 2.89. The van der Waals surface area contributed by atoms with Gasteiger partial charge in [-0.1, -0.05) is 6.07 Å². The third-order valence-electron chi connectivity index (χ3n) is 4.05. The van der Waals surface area contributed by atoms with Crippen LogP contribution in [0.2, 0.25) is 0 Å². The monoisotopic (exact) mass is 270 g/mol. The summed E-state index contributed by atoms with van der Waals surface area (Å²) in [7, 11) is 0. The second kappa shape index (κ2) is 5.49. The first-order valence-corrected chi connectivity index (χ1v) is 7.06. The number of hydrogen-bond donors (Lipinski definition) is 2. The lowest BCUT2D eigenvalue weighted by Crippen LogP contribution is -2.29. The summed E-state index contributed by atoms with van der Waals surface area (Å²) in [6, 6.07) is 10.5. The minimum atomic E-state index is -0.653. The third-order valence-corrected chi connectivity index (χ3v) is 4.05. The summed E-state index contributed by atoms with van der Waals surface area (Å²) in [5.41, 5.74) is 2.08. The van der Waals surface area contributed by atoms with E-state index in [1.807, 2.05) is 18.2 Å². The maximum atomic E-state index is 10.9. The summed E-state index contributed by atoms with van der Waals surface area (Å²) in [5.74, 6) is -0.811. The molecule has 0 saturated heterocycles. The molecule has 2 N–H and O–H groups in total. The Kier molecular flexibility index (Phi) is 3.54. The van der Waals surface area contributed by atoms with Crippen LogP contribution in [0.5, 0.6) is 0 Å². The second-order valence-electron chi connectivity index (χ2n) is 5.44. The number of pyridine rings is 1. The number of nitrogens with zero attached hydrogens (tertiary/aromatic N) is 1. The largest absolute Gasteiger partial charge is 0.481 e. The van der Waals surface area contributed by atoms with Gasteiger partial charge in [0.1, 0.15) is 0 Å². The lowest BCUT2D eigenvalue weighted by atomic mass is 9.86. The number of carboxylic acid groups (broad SMARTS) is 1. The molecule has 0 amide bonds. The Morgan fingerprint density at radius 1 is 1.20 bits per heavy atom. The Bertz CT molecular complexity index is 619. The number of fused-ring (bicyclic) bond motifs is 1. The van der Waals surface area contributed by atoms with Crippen molar-refractivity contribution in [3.05, 3.63) is 36.5 Å². The van der Waals surface area contributed by atoms with Gasteiger partial charge in [-0.2, -0.15) is 0 Å². The van der Waals surface area contributed by atoms with E-state index in [4.69, 9.17) is 5.11 Å². The van der Waals surface area contributed by atoms with E-state index < -0.39 is 5.97 Å². The molecule has 104 valence electrons. The van der Waals surface area contributed by atoms with Gasteiger partial charge in [-0.15, -0.1) is 0 Å². The van der Waals surface area contributed by atoms with E-state index >= 15 is 0 Å². The summed E-state index contributed by atoms with van der Waals surface area (Å²) in [6.45, 7) is 0. The van der Waals surface area contributed by atoms with E-state index in [-0.39, 0.29) is 5.92 Å². The van der Waals surface area contributed by atoms with Crippen LogP contribution in [0.3, 0.4) is 0 Å². The second-order valence-corrected chi connectivity index (χ2v) is 5.44. The predicted molar refractivity (Wildman–Crippen MR) is 78.7 cm³/mol. The van der Waals surface area contributed by atoms with Crippen molar-refractivity contribution in [2.75, 3.05) is 5.32 Å². The van der Waals surface area contributed by atoms with Crippen LogP contribution in [-0.2, 0) is 4.79 Å². The lowest BCUT2D eigenvalue weighted by molar-refractivity contribution is -0.142. The molecule has 4 heteroatoms. The molecule has 0 unspecified atom stereocenters. The maximum absolute atomic E-state index is 10.9. The van der Waals surface area contributed by atoms with Gasteiger partial charge in [-0.05, 0) is 49.9 Å². The highest BCUT2D eigenvalue weighted by atomic mass is 16.4. The van der Waals surface area contributed by atoms with E-state index in [0.29, 0.717) is 6.04 Å². The summed E-state index contributed by atoms with van der Waals surface area (Å²) in [4.78, 5) is 15.2. The number of carboxylic acids is 1. The van der Waals surface area contributed by atoms with Gasteiger partial charge < -0.3 is 10.4 Å². The zero-order chi connectivity index (χ0) is 13.9. The van der Waals surface area contributed by atoms with E-state index in [2.05, 4.69) is 22.4 Å². The highest BCUT2D eigenvalue weighted by Crippen LogP contribution is 2.27. The van der Waals surface area contributed by atoms with E-state index in [1.165, 1.54) is 0 Å². The van der Waals surface area contributed by atoms with Crippen LogP contribution in [-0.4, -0.2) is 22.1 Å². The van der Waals surface area contributed by atoms with Crippen LogP contribution >= 0.6 is 0 Å². The molecule has 0 radical (unpaired) electrons. The fraction of sp³-hybridized carbons (Fsp3) is 0.375. The summed E-state index contributed by atoms with van der Waals surface area (Å²) >= 11 is 0. The number of carbonyl (C=O) groups is 1. The van der Waals surface area contributed by atoms with Gasteiger partial charge in [-0.3, -0.25) is 9.78 Å². The predicted octanol–water partition coefficient (Wildman–Crippen LogP) is 3.29. The molecule has 1 aromatic carbocycles. The molecular weight excluding hydrogens is 252 g/mol. The average Bonchev–Trinajstić information content (AvgIpc) is 2.48. The van der Waals surface area contributed by atoms with Gasteiger partial charge in [0, 0.05) is 23.3 Å². The molecular formula is C16H18N2O2. The van der Waals surface area contributed by atoms with Gasteiger partial charge >= 0.3 is 5.97 Å². The van der Waals surface area contributed by atoms with Crippen molar-refractivity contribution >= 4 is 22.6 Å². The number of aliphatic carboxylic acids is 1. The van der Waals surface area contributed by atoms with Gasteiger partial charge in [-0.25, -0.2) is 0 Å². The van der Waals surface area contributed by atoms with E-state index in [0.717, 1.165) is 42.3 Å². The van der Waals surface area contributed by atoms with Crippen molar-refractivity contribution in [1.82, 2.24) is 4.98 Å². The van der Waals surface area contributed by atoms with Gasteiger partial charge in [0.25, 0.3) is 0 Å². The first-order valence-electron chi connectivity index (χ1n) is 7.06. The van der Waals surface area contributed by atoms with Crippen molar-refractivity contribution in [2.45, 2.75) is 31.7 Å². The average molecular weight is 270 g/mol. The number of benzene rings is 1. The van der Waals surface area contributed by atoms with Crippen molar-refractivity contribution in [3.63, 3.8) is 0 Å². The molecule has 4 nitrogen and oxygen atoms in total. The molecule has 1 fully saturated rings. The summed E-state index contributed by atoms with van der Waals surface area (Å²) in [5, 5.41) is 13.6. The smallest absolute Gasteiger partial charge is 0.306 e. The molecule has 3 rings (SSSR count). The topological polar surface area (TPSA) is 62.2 Å². The maximum Gasteiger partial charge on any atom is 0.306 e. The SMILES string of the molecule is O=C(O)C1CCC(Nc2ccc3ncccc3c2)CC1. The standard InChI is InChI=1S/C16H18N2O2/c19-16(20)11-3-5-13(6-4-11)18-14-7-8-15-12(10-14)2-1-9-17-15/h1-2,7-11,13,18H,3-6H2,(H,19,20). The van der Waals surface area contributed by atoms with Crippen molar-refractivity contribution in [2.24, 2.45) is 5.92 Å². The number of rotatable bonds is 3. The number of aromatic nitrogens is 1. The van der Waals surface area contributed by atoms with Crippen LogP contribution < -0.4 is 5.32 Å². The van der Waals surface area contributed by atoms with Gasteiger partial charge in [0.15, 0.2) is 0 Å². The number of nitrogens with one attached hydrogen (secondary N) is 1. The summed E-state index contributed by atoms with van der Waals surface area (Å²) < 4.78 is 0. The molecule has 0 spiro atoms. The zero-order valence-electron chi connectivity index (χ0n) is 11.2. The summed E-state index contributed by atoms with van der Waals surface area (Å²) in [6.07, 6.45) is 5.16. The Labute approximate surface area is 117 Å². The molecule has 1 aliphatic carbocycles. The number of hydrogen-bond acceptors (Lipinski definition) is 3. The van der Waals surface area contributed by atoms with Crippen molar-refractivity contribution < 1.29 is 9.90 Å². The Morgan fingerprint density at radius 3 is 2.75 bits per heavy atom. The molecule has 20 heavy (non-hydrogen) atoms. The molecule has 0 aliphatic heterocycles. The van der Waals surface area contributed by atoms with Crippen molar-refractivity contribution in [3.8, 4) is 0 Å². The van der Waals surface area contributed by atoms with Crippen LogP contribution in [0.15, 0.2) is 36.5 Å². The molecule has 1 heterocycles. The van der Waals surface area contributed by atoms with Crippen LogP contribution in [0.25, 0.3) is 10.9 Å². The molecule has 0 bridgehead atoms. The van der Waals surface area contributed by atoms with Gasteiger partial charge in [0.2, 0.25) is 0 Å². The normalized spacial score (nSPS) is 22.6. The minimum Gasteiger partial charge on any atom is -0.481 e. The Hall–Kier alpha value is -2.10. The quantitative estimate of drug-likeness (QED) is 0.898.